The van der Waals surface area contributed by atoms with Gasteiger partial charge in [-0.3, -0.25) is 5.22 Å². The second-order valence-corrected chi connectivity index (χ2v) is 2.54. The second-order valence-electron chi connectivity index (χ2n) is 2.54. The van der Waals surface area contributed by atoms with Gasteiger partial charge < -0.3 is 15.8 Å². The molecule has 0 unspecified atom stereocenters. The summed E-state index contributed by atoms with van der Waals surface area (Å²) in [5.74, 6) is 0. The van der Waals surface area contributed by atoms with E-state index in [0.29, 0.717) is 0 Å². The molecule has 0 bridgehead atoms. The maximum atomic E-state index is 10.8. The van der Waals surface area contributed by atoms with E-state index >= 15 is 0 Å². The van der Waals surface area contributed by atoms with Crippen molar-refractivity contribution < 1.29 is 4.79 Å². The van der Waals surface area contributed by atoms with Gasteiger partial charge in [0.05, 0.1) is 0 Å². The largest absolute Gasteiger partial charge is 0.384 e. The van der Waals surface area contributed by atoms with E-state index in [0.717, 1.165) is 5.56 Å². The fraction of sp³-hybridized carbons (Fsp3) is 0. The standard InChI is InChI=1S/C9H7BN3O/c10-9(14)8(12-13-11)6-7-4-2-1-3-5-7/h1-6H,(H-,11,12)/q-1/b8-6-. The molecule has 0 atom stereocenters. The molecule has 1 N–H and O–H groups in total. The molecule has 68 valence electrons. The maximum absolute atomic E-state index is 10.8. The van der Waals surface area contributed by atoms with E-state index in [1.165, 1.54) is 6.08 Å². The Kier molecular flexibility index (Phi) is 3.61. The summed E-state index contributed by atoms with van der Waals surface area (Å²) in [5.41, 5.74) is 10.5. The van der Waals surface area contributed by atoms with Gasteiger partial charge in [-0.15, -0.1) is 0 Å². The Morgan fingerprint density at radius 1 is 1.43 bits per heavy atom. The van der Waals surface area contributed by atoms with Crippen molar-refractivity contribution in [2.45, 2.75) is 0 Å². The lowest BCUT2D eigenvalue weighted by Crippen LogP contribution is -2.14. The molecule has 0 saturated heterocycles. The molecular weight excluding hydrogens is 177 g/mol. The number of nitrogens with zero attached hydrogens (tertiary/aromatic N) is 2. The average Bonchev–Trinajstić information content (AvgIpc) is 2.18. The zero-order valence-corrected chi connectivity index (χ0v) is 7.34. The van der Waals surface area contributed by atoms with E-state index in [2.05, 4.69) is 10.6 Å². The molecule has 14 heavy (non-hydrogen) atoms. The Morgan fingerprint density at radius 3 is 2.57 bits per heavy atom. The topological polar surface area (TPSA) is 63.8 Å². The first kappa shape index (κ1) is 10.2. The Labute approximate surface area is 82.9 Å². The van der Waals surface area contributed by atoms with Crippen LogP contribution >= 0.6 is 0 Å². The Bertz CT molecular complexity index is 362. The monoisotopic (exact) mass is 184 g/mol. The van der Waals surface area contributed by atoms with E-state index in [1.807, 2.05) is 18.2 Å². The lowest BCUT2D eigenvalue weighted by Gasteiger charge is -2.08. The van der Waals surface area contributed by atoms with Crippen LogP contribution in [0.15, 0.2) is 41.3 Å². The SMILES string of the molecule is [B]C(=O)/C(=C/c1ccccc1)NN=[N-]. The molecule has 0 heterocycles. The van der Waals surface area contributed by atoms with Gasteiger partial charge in [-0.25, -0.2) is 0 Å². The van der Waals surface area contributed by atoms with Crippen molar-refractivity contribution in [3.63, 3.8) is 0 Å². The van der Waals surface area contributed by atoms with Gasteiger partial charge in [0.25, 0.3) is 0 Å². The zero-order valence-electron chi connectivity index (χ0n) is 7.34. The predicted molar refractivity (Wildman–Crippen MR) is 54.1 cm³/mol. The average molecular weight is 184 g/mol. The zero-order chi connectivity index (χ0) is 10.4. The highest BCUT2D eigenvalue weighted by molar-refractivity contribution is 6.62. The highest BCUT2D eigenvalue weighted by Gasteiger charge is 1.96. The molecular formula is C9H7BN3O-. The highest BCUT2D eigenvalue weighted by Crippen LogP contribution is 2.04. The number of rotatable bonds is 4. The number of hydrogen-bond donors (Lipinski definition) is 1. The van der Waals surface area contributed by atoms with Crippen molar-refractivity contribution in [3.8, 4) is 0 Å². The first-order valence-electron chi connectivity index (χ1n) is 3.90. The minimum Gasteiger partial charge on any atom is -0.384 e. The van der Waals surface area contributed by atoms with Gasteiger partial charge in [0.15, 0.2) is 7.85 Å². The minimum absolute atomic E-state index is 0.0266. The van der Waals surface area contributed by atoms with Crippen molar-refractivity contribution in [1.29, 1.82) is 0 Å². The van der Waals surface area contributed by atoms with Crippen molar-refractivity contribution in [1.82, 2.24) is 5.43 Å². The lowest BCUT2D eigenvalue weighted by atomic mass is 9.98. The Morgan fingerprint density at radius 2 is 2.07 bits per heavy atom. The van der Waals surface area contributed by atoms with E-state index in [9.17, 15) is 4.79 Å². The van der Waals surface area contributed by atoms with Gasteiger partial charge in [0.1, 0.15) is 5.68 Å². The van der Waals surface area contributed by atoms with Crippen LogP contribution < -0.4 is 5.43 Å². The summed E-state index contributed by atoms with van der Waals surface area (Å²) in [7, 11) is 5.03. The van der Waals surface area contributed by atoms with Crippen LogP contribution in [-0.4, -0.2) is 13.5 Å². The van der Waals surface area contributed by atoms with Crippen molar-refractivity contribution in [2.75, 3.05) is 0 Å². The number of benzene rings is 1. The third kappa shape index (κ3) is 2.86. The van der Waals surface area contributed by atoms with Crippen LogP contribution in [0, 0.1) is 0 Å². The number of carbonyl (C=O) groups excluding carboxylic acids is 1. The Hall–Kier alpha value is -1.91. The summed E-state index contributed by atoms with van der Waals surface area (Å²) in [6.45, 7) is 0. The van der Waals surface area contributed by atoms with E-state index in [4.69, 9.17) is 13.4 Å². The molecule has 1 aromatic carbocycles. The van der Waals surface area contributed by atoms with E-state index < -0.39 is 5.68 Å². The van der Waals surface area contributed by atoms with Crippen LogP contribution in [-0.2, 0) is 4.79 Å². The molecule has 0 aromatic heterocycles. The lowest BCUT2D eigenvalue weighted by molar-refractivity contribution is -0.108. The smallest absolute Gasteiger partial charge is 0.174 e. The maximum Gasteiger partial charge on any atom is 0.174 e. The molecule has 2 radical (unpaired) electrons. The van der Waals surface area contributed by atoms with Crippen molar-refractivity contribution >= 4 is 19.6 Å². The summed E-state index contributed by atoms with van der Waals surface area (Å²) in [6.07, 6.45) is 1.49. The third-order valence-electron chi connectivity index (χ3n) is 1.55. The first-order chi connectivity index (χ1) is 6.74. The van der Waals surface area contributed by atoms with Gasteiger partial charge in [0.2, 0.25) is 0 Å². The number of allylic oxidation sites excluding steroid dienone is 1. The van der Waals surface area contributed by atoms with Crippen LogP contribution in [0.1, 0.15) is 5.56 Å². The Balaban J connectivity index is 2.93. The quantitative estimate of drug-likeness (QED) is 0.331. The highest BCUT2D eigenvalue weighted by atomic mass is 16.1. The molecule has 0 saturated carbocycles. The van der Waals surface area contributed by atoms with Crippen LogP contribution in [0.3, 0.4) is 0 Å². The van der Waals surface area contributed by atoms with Crippen LogP contribution in [0.2, 0.25) is 0 Å². The van der Waals surface area contributed by atoms with Crippen molar-refractivity contribution in [2.24, 2.45) is 5.22 Å². The second kappa shape index (κ2) is 4.96. The van der Waals surface area contributed by atoms with Gasteiger partial charge in [-0.05, 0) is 11.6 Å². The molecule has 0 fully saturated rings. The fourth-order valence-corrected chi connectivity index (χ4v) is 0.928. The predicted octanol–water partition coefficient (Wildman–Crippen LogP) is 1.25. The van der Waals surface area contributed by atoms with Gasteiger partial charge in [0, 0.05) is 5.70 Å². The normalized spacial score (nSPS) is 10.7. The molecule has 5 heteroatoms. The minimum atomic E-state index is -0.688. The van der Waals surface area contributed by atoms with Gasteiger partial charge in [-0.2, -0.15) is 0 Å². The molecule has 0 aliphatic heterocycles. The van der Waals surface area contributed by atoms with Gasteiger partial charge >= 0.3 is 0 Å². The molecule has 0 aliphatic rings. The van der Waals surface area contributed by atoms with Crippen LogP contribution in [0.5, 0.6) is 0 Å². The van der Waals surface area contributed by atoms with Crippen LogP contribution in [0.4, 0.5) is 0 Å². The summed E-state index contributed by atoms with van der Waals surface area (Å²) in [5, 5.41) is 2.63. The summed E-state index contributed by atoms with van der Waals surface area (Å²) < 4.78 is 0. The van der Waals surface area contributed by atoms with Gasteiger partial charge in [-0.1, -0.05) is 30.3 Å². The summed E-state index contributed by atoms with van der Waals surface area (Å²) >= 11 is 0. The molecule has 1 rings (SSSR count). The molecule has 0 spiro atoms. The van der Waals surface area contributed by atoms with Crippen molar-refractivity contribution in [3.05, 3.63) is 47.1 Å². The fourth-order valence-electron chi connectivity index (χ4n) is 0.928. The number of nitrogens with one attached hydrogen (secondary N) is 1. The third-order valence-corrected chi connectivity index (χ3v) is 1.55. The summed E-state index contributed by atoms with van der Waals surface area (Å²) in [6, 6.07) is 9.08. The number of hydrogen-bond acceptors (Lipinski definition) is 2. The van der Waals surface area contributed by atoms with Crippen LogP contribution in [0.25, 0.3) is 11.6 Å². The van der Waals surface area contributed by atoms with E-state index in [1.54, 1.807) is 12.1 Å². The molecule has 4 nitrogen and oxygen atoms in total. The molecule has 0 aliphatic carbocycles. The number of carbonyl (C=O) groups is 1. The summed E-state index contributed by atoms with van der Waals surface area (Å²) in [4.78, 5) is 10.8. The molecule has 0 amide bonds. The molecule has 1 aromatic rings. The van der Waals surface area contributed by atoms with E-state index in [-0.39, 0.29) is 5.70 Å². The first-order valence-corrected chi connectivity index (χ1v) is 3.90.